The summed E-state index contributed by atoms with van der Waals surface area (Å²) in [7, 11) is 0. The van der Waals surface area contributed by atoms with Gasteiger partial charge in [-0.1, -0.05) is 6.92 Å². The molecular formula is C8H14FN. The van der Waals surface area contributed by atoms with Crippen LogP contribution in [0.2, 0.25) is 0 Å². The fraction of sp³-hybridized carbons (Fsp3) is 1.00. The summed E-state index contributed by atoms with van der Waals surface area (Å²) in [4.78, 5) is 0. The Morgan fingerprint density at radius 3 is 2.40 bits per heavy atom. The molecule has 0 aromatic carbocycles. The number of hydrogen-bond acceptors (Lipinski definition) is 1. The largest absolute Gasteiger partial charge is 0.316 e. The molecule has 1 aliphatic heterocycles. The van der Waals surface area contributed by atoms with Gasteiger partial charge in [0.25, 0.3) is 0 Å². The molecule has 1 nitrogen and oxygen atoms in total. The van der Waals surface area contributed by atoms with Crippen LogP contribution in [0.4, 0.5) is 4.39 Å². The van der Waals surface area contributed by atoms with Gasteiger partial charge < -0.3 is 5.32 Å². The summed E-state index contributed by atoms with van der Waals surface area (Å²) in [5.74, 6) is 0. The van der Waals surface area contributed by atoms with Crippen molar-refractivity contribution in [3.63, 3.8) is 0 Å². The number of nitrogens with one attached hydrogen (secondary N) is 1. The lowest BCUT2D eigenvalue weighted by Crippen LogP contribution is -2.32. The Balaban J connectivity index is 2.13. The number of halogens is 1. The lowest BCUT2D eigenvalue weighted by Gasteiger charge is -2.26. The van der Waals surface area contributed by atoms with Gasteiger partial charge in [0.1, 0.15) is 5.67 Å². The van der Waals surface area contributed by atoms with Gasteiger partial charge in [-0.05, 0) is 25.8 Å². The van der Waals surface area contributed by atoms with Crippen molar-refractivity contribution in [2.45, 2.75) is 31.9 Å². The maximum absolute atomic E-state index is 13.5. The SMILES string of the molecule is CC1(C2(F)CC2)CCNC1. The van der Waals surface area contributed by atoms with Crippen molar-refractivity contribution in [2.75, 3.05) is 13.1 Å². The van der Waals surface area contributed by atoms with Gasteiger partial charge in [0, 0.05) is 12.0 Å². The van der Waals surface area contributed by atoms with Crippen LogP contribution < -0.4 is 5.32 Å². The van der Waals surface area contributed by atoms with E-state index in [9.17, 15) is 4.39 Å². The standard InChI is InChI=1S/C8H14FN/c1-7(4-5-10-6-7)8(9)2-3-8/h10H,2-6H2,1H3. The Bertz CT molecular complexity index is 145. The van der Waals surface area contributed by atoms with E-state index in [1.54, 1.807) is 0 Å². The van der Waals surface area contributed by atoms with Gasteiger partial charge in [0.2, 0.25) is 0 Å². The van der Waals surface area contributed by atoms with Crippen LogP contribution in [0.1, 0.15) is 26.2 Å². The smallest absolute Gasteiger partial charge is 0.117 e. The molecule has 0 amide bonds. The van der Waals surface area contributed by atoms with Gasteiger partial charge in [-0.3, -0.25) is 0 Å². The third-order valence-corrected chi connectivity index (χ3v) is 3.14. The van der Waals surface area contributed by atoms with Crippen LogP contribution in [0, 0.1) is 5.41 Å². The van der Waals surface area contributed by atoms with E-state index in [1.165, 1.54) is 0 Å². The Morgan fingerprint density at radius 1 is 1.30 bits per heavy atom. The number of rotatable bonds is 1. The predicted octanol–water partition coefficient (Wildman–Crippen LogP) is 1.49. The normalized spacial score (nSPS) is 43.8. The molecule has 2 heteroatoms. The zero-order valence-electron chi connectivity index (χ0n) is 6.41. The fourth-order valence-corrected chi connectivity index (χ4v) is 1.91. The third kappa shape index (κ3) is 0.715. The molecule has 1 aliphatic carbocycles. The summed E-state index contributed by atoms with van der Waals surface area (Å²) < 4.78 is 13.5. The van der Waals surface area contributed by atoms with Crippen LogP contribution in [0.25, 0.3) is 0 Å². The molecule has 2 aliphatic rings. The van der Waals surface area contributed by atoms with Crippen LogP contribution in [0.3, 0.4) is 0 Å². The fourth-order valence-electron chi connectivity index (χ4n) is 1.91. The van der Waals surface area contributed by atoms with E-state index in [0.29, 0.717) is 0 Å². The van der Waals surface area contributed by atoms with E-state index in [2.05, 4.69) is 12.2 Å². The molecule has 2 rings (SSSR count). The average molecular weight is 143 g/mol. The minimum absolute atomic E-state index is 0.0347. The molecule has 1 saturated heterocycles. The van der Waals surface area contributed by atoms with Crippen LogP contribution in [0.15, 0.2) is 0 Å². The van der Waals surface area contributed by atoms with E-state index in [-0.39, 0.29) is 5.41 Å². The Kier molecular flexibility index (Phi) is 1.14. The molecule has 1 saturated carbocycles. The van der Waals surface area contributed by atoms with E-state index in [0.717, 1.165) is 32.4 Å². The molecule has 58 valence electrons. The highest BCUT2D eigenvalue weighted by molar-refractivity contribution is 5.09. The van der Waals surface area contributed by atoms with Crippen LogP contribution in [0.5, 0.6) is 0 Å². The van der Waals surface area contributed by atoms with Gasteiger partial charge in [-0.25, -0.2) is 4.39 Å². The first kappa shape index (κ1) is 6.59. The molecule has 2 fully saturated rings. The quantitative estimate of drug-likeness (QED) is 0.586. The summed E-state index contributed by atoms with van der Waals surface area (Å²) in [6, 6.07) is 0. The molecule has 1 unspecified atom stereocenters. The summed E-state index contributed by atoms with van der Waals surface area (Å²) in [5, 5.41) is 3.22. The predicted molar refractivity (Wildman–Crippen MR) is 38.7 cm³/mol. The van der Waals surface area contributed by atoms with Gasteiger partial charge in [0.15, 0.2) is 0 Å². The molecule has 10 heavy (non-hydrogen) atoms. The Labute approximate surface area is 61.0 Å². The highest BCUT2D eigenvalue weighted by Crippen LogP contribution is 2.55. The lowest BCUT2D eigenvalue weighted by molar-refractivity contribution is 0.119. The van der Waals surface area contributed by atoms with Crippen LogP contribution >= 0.6 is 0 Å². The highest BCUT2D eigenvalue weighted by atomic mass is 19.1. The minimum Gasteiger partial charge on any atom is -0.316 e. The summed E-state index contributed by atoms with van der Waals surface area (Å²) in [6.45, 7) is 3.95. The van der Waals surface area contributed by atoms with E-state index >= 15 is 0 Å². The minimum atomic E-state index is -0.795. The van der Waals surface area contributed by atoms with Crippen molar-refractivity contribution in [3.05, 3.63) is 0 Å². The van der Waals surface area contributed by atoms with Crippen molar-refractivity contribution in [3.8, 4) is 0 Å². The number of alkyl halides is 1. The van der Waals surface area contributed by atoms with Crippen molar-refractivity contribution in [1.29, 1.82) is 0 Å². The van der Waals surface area contributed by atoms with Crippen LogP contribution in [-0.2, 0) is 0 Å². The van der Waals surface area contributed by atoms with Gasteiger partial charge in [-0.15, -0.1) is 0 Å². The molecular weight excluding hydrogens is 129 g/mol. The molecule has 0 aromatic heterocycles. The molecule has 1 atom stereocenters. The monoisotopic (exact) mass is 143 g/mol. The topological polar surface area (TPSA) is 12.0 Å². The number of hydrogen-bond donors (Lipinski definition) is 1. The lowest BCUT2D eigenvalue weighted by atomic mass is 9.82. The first-order chi connectivity index (χ1) is 4.66. The van der Waals surface area contributed by atoms with Gasteiger partial charge >= 0.3 is 0 Å². The molecule has 1 N–H and O–H groups in total. The van der Waals surface area contributed by atoms with E-state index in [1.807, 2.05) is 0 Å². The molecule has 0 bridgehead atoms. The second-order valence-electron chi connectivity index (χ2n) is 3.95. The first-order valence-electron chi connectivity index (χ1n) is 4.06. The zero-order chi connectivity index (χ0) is 7.24. The molecule has 1 heterocycles. The summed E-state index contributed by atoms with van der Waals surface area (Å²) in [5.41, 5.74) is -0.830. The van der Waals surface area contributed by atoms with Gasteiger partial charge in [-0.2, -0.15) is 0 Å². The molecule has 0 aromatic rings. The Morgan fingerprint density at radius 2 is 2.00 bits per heavy atom. The maximum Gasteiger partial charge on any atom is 0.117 e. The van der Waals surface area contributed by atoms with Gasteiger partial charge in [0.05, 0.1) is 0 Å². The average Bonchev–Trinajstić information content (AvgIpc) is 2.46. The zero-order valence-corrected chi connectivity index (χ0v) is 6.41. The van der Waals surface area contributed by atoms with Crippen LogP contribution in [-0.4, -0.2) is 18.8 Å². The summed E-state index contributed by atoms with van der Waals surface area (Å²) in [6.07, 6.45) is 2.61. The first-order valence-corrected chi connectivity index (χ1v) is 4.06. The van der Waals surface area contributed by atoms with E-state index < -0.39 is 5.67 Å². The van der Waals surface area contributed by atoms with Crippen molar-refractivity contribution < 1.29 is 4.39 Å². The Hall–Kier alpha value is -0.110. The van der Waals surface area contributed by atoms with Crippen molar-refractivity contribution in [1.82, 2.24) is 5.32 Å². The molecule has 0 spiro atoms. The van der Waals surface area contributed by atoms with Crippen molar-refractivity contribution in [2.24, 2.45) is 5.41 Å². The highest BCUT2D eigenvalue weighted by Gasteiger charge is 2.58. The van der Waals surface area contributed by atoms with E-state index in [4.69, 9.17) is 0 Å². The van der Waals surface area contributed by atoms with Crippen molar-refractivity contribution >= 4 is 0 Å². The third-order valence-electron chi connectivity index (χ3n) is 3.14. The summed E-state index contributed by atoms with van der Waals surface area (Å²) >= 11 is 0. The maximum atomic E-state index is 13.5. The molecule has 0 radical (unpaired) electrons. The second-order valence-corrected chi connectivity index (χ2v) is 3.95. The second kappa shape index (κ2) is 1.73.